The summed E-state index contributed by atoms with van der Waals surface area (Å²) in [5, 5.41) is 0. The lowest BCUT2D eigenvalue weighted by Gasteiger charge is -2.16. The lowest BCUT2D eigenvalue weighted by atomic mass is 9.98. The molecule has 0 radical (unpaired) electrons. The van der Waals surface area contributed by atoms with Crippen LogP contribution in [0.1, 0.15) is 18.9 Å². The van der Waals surface area contributed by atoms with Crippen LogP contribution in [0.3, 0.4) is 0 Å². The third kappa shape index (κ3) is 3.52. The Bertz CT molecular complexity index is 1070. The molecule has 1 aliphatic rings. The van der Waals surface area contributed by atoms with E-state index >= 15 is 0 Å². The SMILES string of the molecule is C1=CC([n+]2c(-c3ccccc3)cc(-c3ccccc3)cc2-c2ccccc2)CC1. The Morgan fingerprint density at radius 1 is 0.552 bits per heavy atom. The van der Waals surface area contributed by atoms with Crippen LogP contribution in [0.25, 0.3) is 33.6 Å². The van der Waals surface area contributed by atoms with Gasteiger partial charge in [0.1, 0.15) is 0 Å². The van der Waals surface area contributed by atoms with Crippen LogP contribution in [-0.4, -0.2) is 0 Å². The van der Waals surface area contributed by atoms with Gasteiger partial charge in [0, 0.05) is 29.7 Å². The Kier molecular flexibility index (Phi) is 4.80. The topological polar surface area (TPSA) is 3.88 Å². The number of benzene rings is 3. The molecule has 1 aromatic heterocycles. The first-order chi connectivity index (χ1) is 14.4. The molecule has 0 bridgehead atoms. The summed E-state index contributed by atoms with van der Waals surface area (Å²) in [7, 11) is 0. The highest BCUT2D eigenvalue weighted by Crippen LogP contribution is 2.32. The number of rotatable bonds is 4. The first kappa shape index (κ1) is 17.6. The van der Waals surface area contributed by atoms with Crippen molar-refractivity contribution in [1.29, 1.82) is 0 Å². The van der Waals surface area contributed by atoms with Crippen molar-refractivity contribution in [3.63, 3.8) is 0 Å². The predicted octanol–water partition coefficient (Wildman–Crippen LogP) is 6.87. The Labute approximate surface area is 172 Å². The summed E-state index contributed by atoms with van der Waals surface area (Å²) in [5.41, 5.74) is 7.53. The van der Waals surface area contributed by atoms with Gasteiger partial charge in [-0.3, -0.25) is 0 Å². The van der Waals surface area contributed by atoms with E-state index in [9.17, 15) is 0 Å². The van der Waals surface area contributed by atoms with E-state index in [0.717, 1.165) is 12.8 Å². The van der Waals surface area contributed by atoms with Gasteiger partial charge in [0.2, 0.25) is 11.4 Å². The Morgan fingerprint density at radius 2 is 1.03 bits per heavy atom. The number of allylic oxidation sites excluding steroid dienone is 2. The van der Waals surface area contributed by atoms with Gasteiger partial charge in [0.25, 0.3) is 0 Å². The van der Waals surface area contributed by atoms with Crippen molar-refractivity contribution in [3.05, 3.63) is 115 Å². The highest BCUT2D eigenvalue weighted by molar-refractivity contribution is 5.73. The second-order valence-corrected chi connectivity index (χ2v) is 7.56. The van der Waals surface area contributed by atoms with Gasteiger partial charge >= 0.3 is 0 Å². The van der Waals surface area contributed by atoms with Crippen LogP contribution in [0.2, 0.25) is 0 Å². The van der Waals surface area contributed by atoms with Crippen LogP contribution < -0.4 is 4.57 Å². The fraction of sp³-hybridized carbons (Fsp3) is 0.107. The standard InChI is InChI=1S/C28H24N/c1-4-12-22(13-5-1)25-20-27(23-14-6-2-7-15-23)29(26-18-10-11-19-26)28(21-25)24-16-8-3-9-17-24/h1-10,12-18,20-21,26H,11,19H2/q+1. The number of hydrogen-bond donors (Lipinski definition) is 0. The van der Waals surface area contributed by atoms with E-state index in [-0.39, 0.29) is 0 Å². The molecule has 5 rings (SSSR count). The maximum Gasteiger partial charge on any atom is 0.214 e. The molecule has 0 fully saturated rings. The molecule has 1 heterocycles. The van der Waals surface area contributed by atoms with E-state index in [1.165, 1.54) is 33.6 Å². The first-order valence-corrected chi connectivity index (χ1v) is 10.3. The molecule has 1 atom stereocenters. The monoisotopic (exact) mass is 374 g/mol. The van der Waals surface area contributed by atoms with E-state index in [4.69, 9.17) is 0 Å². The number of pyridine rings is 1. The molecule has 4 aromatic rings. The van der Waals surface area contributed by atoms with Crippen molar-refractivity contribution in [1.82, 2.24) is 0 Å². The summed E-state index contributed by atoms with van der Waals surface area (Å²) in [4.78, 5) is 0. The molecule has 3 aromatic carbocycles. The molecule has 0 N–H and O–H groups in total. The van der Waals surface area contributed by atoms with Gasteiger partial charge in [-0.2, -0.15) is 4.57 Å². The summed E-state index contributed by atoms with van der Waals surface area (Å²) in [6, 6.07) is 37.3. The molecular formula is C28H24N+. The summed E-state index contributed by atoms with van der Waals surface area (Å²) < 4.78 is 2.53. The molecule has 0 aliphatic heterocycles. The molecule has 140 valence electrons. The number of nitrogens with zero attached hydrogens (tertiary/aromatic N) is 1. The minimum atomic E-state index is 0.380. The molecular weight excluding hydrogens is 350 g/mol. The molecule has 1 aliphatic carbocycles. The van der Waals surface area contributed by atoms with E-state index in [2.05, 4.69) is 120 Å². The third-order valence-corrected chi connectivity index (χ3v) is 5.67. The summed E-state index contributed by atoms with van der Waals surface area (Å²) >= 11 is 0. The maximum atomic E-state index is 2.53. The van der Waals surface area contributed by atoms with Gasteiger partial charge in [-0.1, -0.05) is 72.8 Å². The zero-order chi connectivity index (χ0) is 19.5. The maximum absolute atomic E-state index is 2.53. The Hall–Kier alpha value is -3.45. The van der Waals surface area contributed by atoms with E-state index < -0.39 is 0 Å². The molecule has 0 saturated carbocycles. The second-order valence-electron chi connectivity index (χ2n) is 7.56. The molecule has 0 spiro atoms. The molecule has 1 heteroatoms. The predicted molar refractivity (Wildman–Crippen MR) is 120 cm³/mol. The van der Waals surface area contributed by atoms with E-state index in [1.54, 1.807) is 0 Å². The minimum absolute atomic E-state index is 0.380. The Morgan fingerprint density at radius 3 is 1.48 bits per heavy atom. The smallest absolute Gasteiger partial charge is 0.185 e. The fourth-order valence-electron chi connectivity index (χ4n) is 4.25. The molecule has 1 nitrogen and oxygen atoms in total. The van der Waals surface area contributed by atoms with E-state index in [1.807, 2.05) is 0 Å². The minimum Gasteiger partial charge on any atom is -0.185 e. The summed E-state index contributed by atoms with van der Waals surface area (Å²) in [6.45, 7) is 0. The quantitative estimate of drug-likeness (QED) is 0.271. The normalized spacial score (nSPS) is 15.5. The van der Waals surface area contributed by atoms with Gasteiger partial charge in [0.15, 0.2) is 6.04 Å². The lowest BCUT2D eigenvalue weighted by molar-refractivity contribution is -0.690. The van der Waals surface area contributed by atoms with Gasteiger partial charge in [-0.25, -0.2) is 0 Å². The van der Waals surface area contributed by atoms with Crippen molar-refractivity contribution in [2.45, 2.75) is 18.9 Å². The van der Waals surface area contributed by atoms with E-state index in [0.29, 0.717) is 6.04 Å². The third-order valence-electron chi connectivity index (χ3n) is 5.67. The van der Waals surface area contributed by atoms with Crippen molar-refractivity contribution in [2.75, 3.05) is 0 Å². The van der Waals surface area contributed by atoms with Crippen molar-refractivity contribution in [3.8, 4) is 33.6 Å². The summed E-state index contributed by atoms with van der Waals surface area (Å²) in [5.74, 6) is 0. The molecule has 0 amide bonds. The van der Waals surface area contributed by atoms with Gasteiger partial charge in [-0.05, 0) is 47.9 Å². The van der Waals surface area contributed by atoms with Gasteiger partial charge in [0.05, 0.1) is 0 Å². The number of aromatic nitrogens is 1. The van der Waals surface area contributed by atoms with Crippen LogP contribution in [0.5, 0.6) is 0 Å². The van der Waals surface area contributed by atoms with Crippen molar-refractivity contribution < 1.29 is 4.57 Å². The highest BCUT2D eigenvalue weighted by Gasteiger charge is 2.29. The summed E-state index contributed by atoms with van der Waals surface area (Å²) in [6.07, 6.45) is 6.96. The fourth-order valence-corrected chi connectivity index (χ4v) is 4.25. The number of hydrogen-bond acceptors (Lipinski definition) is 0. The van der Waals surface area contributed by atoms with Gasteiger partial charge < -0.3 is 0 Å². The molecule has 0 saturated heterocycles. The van der Waals surface area contributed by atoms with Crippen LogP contribution >= 0.6 is 0 Å². The average molecular weight is 375 g/mol. The van der Waals surface area contributed by atoms with Crippen molar-refractivity contribution in [2.24, 2.45) is 0 Å². The van der Waals surface area contributed by atoms with Crippen LogP contribution in [-0.2, 0) is 0 Å². The zero-order valence-corrected chi connectivity index (χ0v) is 16.4. The average Bonchev–Trinajstić information content (AvgIpc) is 3.34. The lowest BCUT2D eigenvalue weighted by Crippen LogP contribution is -2.42. The van der Waals surface area contributed by atoms with Crippen LogP contribution in [0, 0.1) is 0 Å². The largest absolute Gasteiger partial charge is 0.214 e. The van der Waals surface area contributed by atoms with Crippen LogP contribution in [0.15, 0.2) is 115 Å². The zero-order valence-electron chi connectivity index (χ0n) is 16.4. The van der Waals surface area contributed by atoms with Gasteiger partial charge in [-0.15, -0.1) is 0 Å². The second kappa shape index (κ2) is 7.89. The molecule has 1 unspecified atom stereocenters. The van der Waals surface area contributed by atoms with Crippen molar-refractivity contribution >= 4 is 0 Å². The Balaban J connectivity index is 1.83. The highest BCUT2D eigenvalue weighted by atomic mass is 15.0. The molecule has 29 heavy (non-hydrogen) atoms. The first-order valence-electron chi connectivity index (χ1n) is 10.3. The van der Waals surface area contributed by atoms with Crippen LogP contribution in [0.4, 0.5) is 0 Å².